The van der Waals surface area contributed by atoms with Gasteiger partial charge in [-0.2, -0.15) is 0 Å². The fraction of sp³-hybridized carbons (Fsp3) is 0.294. The molecule has 21 heavy (non-hydrogen) atoms. The summed E-state index contributed by atoms with van der Waals surface area (Å²) >= 11 is 3.47. The first kappa shape index (κ1) is 16.0. The van der Waals surface area contributed by atoms with Gasteiger partial charge in [0.15, 0.2) is 0 Å². The van der Waals surface area contributed by atoms with Gasteiger partial charge >= 0.3 is 0 Å². The molecule has 0 spiro atoms. The molecule has 0 aliphatic carbocycles. The molecule has 0 amide bonds. The van der Waals surface area contributed by atoms with Crippen LogP contribution >= 0.6 is 15.9 Å². The van der Waals surface area contributed by atoms with E-state index in [0.717, 1.165) is 15.8 Å². The van der Waals surface area contributed by atoms with E-state index in [1.165, 1.54) is 12.1 Å². The predicted octanol–water partition coefficient (Wildman–Crippen LogP) is 5.52. The van der Waals surface area contributed by atoms with Crippen LogP contribution in [-0.4, -0.2) is 0 Å². The smallest absolute Gasteiger partial charge is 0.132 e. The van der Waals surface area contributed by atoms with Crippen LogP contribution in [0.4, 0.5) is 4.39 Å². The van der Waals surface area contributed by atoms with Gasteiger partial charge in [0.25, 0.3) is 0 Å². The van der Waals surface area contributed by atoms with Crippen molar-refractivity contribution in [3.8, 4) is 11.5 Å². The SMILES string of the molecule is CC(C)c1cc(Br)ccc1Oc1ccc(F)cc1C(C)N. The van der Waals surface area contributed by atoms with Crippen molar-refractivity contribution in [2.75, 3.05) is 0 Å². The van der Waals surface area contributed by atoms with Gasteiger partial charge in [0.2, 0.25) is 0 Å². The van der Waals surface area contributed by atoms with Crippen molar-refractivity contribution in [3.05, 3.63) is 57.8 Å². The molecule has 0 saturated carbocycles. The van der Waals surface area contributed by atoms with Crippen molar-refractivity contribution in [2.45, 2.75) is 32.7 Å². The average Bonchev–Trinajstić information content (AvgIpc) is 2.42. The molecule has 2 N–H and O–H groups in total. The standard InChI is InChI=1S/C17H19BrFNO/c1-10(2)14-8-12(18)4-6-16(14)21-17-7-5-13(19)9-15(17)11(3)20/h4-11H,20H2,1-3H3. The highest BCUT2D eigenvalue weighted by Gasteiger charge is 2.14. The Hall–Kier alpha value is -1.39. The van der Waals surface area contributed by atoms with E-state index in [1.807, 2.05) is 25.1 Å². The highest BCUT2D eigenvalue weighted by atomic mass is 79.9. The maximum Gasteiger partial charge on any atom is 0.132 e. The fourth-order valence-corrected chi connectivity index (χ4v) is 2.53. The molecule has 0 aliphatic rings. The summed E-state index contributed by atoms with van der Waals surface area (Å²) in [6.07, 6.45) is 0. The van der Waals surface area contributed by atoms with Crippen LogP contribution in [-0.2, 0) is 0 Å². The normalized spacial score (nSPS) is 12.5. The van der Waals surface area contributed by atoms with Crippen LogP contribution in [0.1, 0.15) is 43.9 Å². The zero-order valence-corrected chi connectivity index (χ0v) is 13.9. The Balaban J connectivity index is 2.43. The first-order valence-electron chi connectivity index (χ1n) is 6.91. The molecule has 0 aromatic heterocycles. The van der Waals surface area contributed by atoms with E-state index in [9.17, 15) is 4.39 Å². The van der Waals surface area contributed by atoms with E-state index in [4.69, 9.17) is 10.5 Å². The lowest BCUT2D eigenvalue weighted by atomic mass is 10.0. The van der Waals surface area contributed by atoms with Gasteiger partial charge in [-0.15, -0.1) is 0 Å². The molecular formula is C17H19BrFNO. The van der Waals surface area contributed by atoms with E-state index in [-0.39, 0.29) is 11.9 Å². The molecule has 2 aromatic rings. The molecule has 0 bridgehead atoms. The topological polar surface area (TPSA) is 35.2 Å². The summed E-state index contributed by atoms with van der Waals surface area (Å²) in [5, 5.41) is 0. The zero-order valence-electron chi connectivity index (χ0n) is 12.4. The van der Waals surface area contributed by atoms with Crippen molar-refractivity contribution < 1.29 is 9.13 Å². The van der Waals surface area contributed by atoms with E-state index < -0.39 is 0 Å². The minimum absolute atomic E-state index is 0.298. The Morgan fingerprint density at radius 3 is 2.24 bits per heavy atom. The van der Waals surface area contributed by atoms with E-state index in [2.05, 4.69) is 29.8 Å². The molecule has 2 rings (SSSR count). The minimum Gasteiger partial charge on any atom is -0.457 e. The monoisotopic (exact) mass is 351 g/mol. The Bertz CT molecular complexity index is 585. The van der Waals surface area contributed by atoms with Gasteiger partial charge in [-0.1, -0.05) is 29.8 Å². The molecule has 112 valence electrons. The number of benzene rings is 2. The van der Waals surface area contributed by atoms with Crippen LogP contribution in [0.25, 0.3) is 0 Å². The van der Waals surface area contributed by atoms with Gasteiger partial charge in [0.05, 0.1) is 0 Å². The second kappa shape index (κ2) is 6.58. The van der Waals surface area contributed by atoms with Gasteiger partial charge in [-0.25, -0.2) is 4.39 Å². The quantitative estimate of drug-likeness (QED) is 0.786. The second-order valence-corrected chi connectivity index (χ2v) is 6.33. The molecule has 2 aromatic carbocycles. The number of hydrogen-bond acceptors (Lipinski definition) is 2. The maximum absolute atomic E-state index is 13.4. The molecule has 0 saturated heterocycles. The lowest BCUT2D eigenvalue weighted by molar-refractivity contribution is 0.460. The molecule has 0 aliphatic heterocycles. The number of rotatable bonds is 4. The van der Waals surface area contributed by atoms with Gasteiger partial charge in [-0.05, 0) is 54.8 Å². The summed E-state index contributed by atoms with van der Waals surface area (Å²) in [6, 6.07) is 10.0. The third-order valence-corrected chi connectivity index (χ3v) is 3.77. The Morgan fingerprint density at radius 2 is 1.62 bits per heavy atom. The summed E-state index contributed by atoms with van der Waals surface area (Å²) in [5.74, 6) is 1.36. The van der Waals surface area contributed by atoms with Crippen LogP contribution in [0.15, 0.2) is 40.9 Å². The molecule has 4 heteroatoms. The first-order valence-corrected chi connectivity index (χ1v) is 7.70. The zero-order chi connectivity index (χ0) is 15.6. The van der Waals surface area contributed by atoms with Gasteiger partial charge in [0, 0.05) is 16.1 Å². The van der Waals surface area contributed by atoms with Crippen molar-refractivity contribution in [2.24, 2.45) is 5.73 Å². The number of ether oxygens (including phenoxy) is 1. The third-order valence-electron chi connectivity index (χ3n) is 3.28. The predicted molar refractivity (Wildman–Crippen MR) is 87.3 cm³/mol. The highest BCUT2D eigenvalue weighted by molar-refractivity contribution is 9.10. The summed E-state index contributed by atoms with van der Waals surface area (Å²) in [6.45, 7) is 6.02. The van der Waals surface area contributed by atoms with E-state index in [1.54, 1.807) is 6.07 Å². The van der Waals surface area contributed by atoms with Crippen molar-refractivity contribution in [3.63, 3.8) is 0 Å². The average molecular weight is 352 g/mol. The largest absolute Gasteiger partial charge is 0.457 e. The third kappa shape index (κ3) is 3.83. The molecule has 1 atom stereocenters. The van der Waals surface area contributed by atoms with Crippen molar-refractivity contribution >= 4 is 15.9 Å². The van der Waals surface area contributed by atoms with Gasteiger partial charge in [-0.3, -0.25) is 0 Å². The summed E-state index contributed by atoms with van der Waals surface area (Å²) < 4.78 is 20.4. The van der Waals surface area contributed by atoms with Crippen LogP contribution in [0.2, 0.25) is 0 Å². The van der Waals surface area contributed by atoms with Crippen LogP contribution in [0.5, 0.6) is 11.5 Å². The van der Waals surface area contributed by atoms with E-state index >= 15 is 0 Å². The first-order chi connectivity index (χ1) is 9.88. The summed E-state index contributed by atoms with van der Waals surface area (Å²) in [7, 11) is 0. The fourth-order valence-electron chi connectivity index (χ4n) is 2.15. The summed E-state index contributed by atoms with van der Waals surface area (Å²) in [5.41, 5.74) is 7.65. The van der Waals surface area contributed by atoms with Crippen molar-refractivity contribution in [1.82, 2.24) is 0 Å². The minimum atomic E-state index is -0.311. The molecule has 2 nitrogen and oxygen atoms in total. The Labute approximate surface area is 133 Å². The van der Waals surface area contributed by atoms with Crippen LogP contribution in [0, 0.1) is 5.82 Å². The second-order valence-electron chi connectivity index (χ2n) is 5.41. The van der Waals surface area contributed by atoms with E-state index in [0.29, 0.717) is 17.2 Å². The maximum atomic E-state index is 13.4. The van der Waals surface area contributed by atoms with Gasteiger partial charge in [0.1, 0.15) is 17.3 Å². The number of halogens is 2. The van der Waals surface area contributed by atoms with Crippen LogP contribution < -0.4 is 10.5 Å². The number of nitrogens with two attached hydrogens (primary N) is 1. The van der Waals surface area contributed by atoms with Crippen LogP contribution in [0.3, 0.4) is 0 Å². The molecule has 0 heterocycles. The summed E-state index contributed by atoms with van der Waals surface area (Å²) in [4.78, 5) is 0. The molecule has 1 unspecified atom stereocenters. The Morgan fingerprint density at radius 1 is 1.00 bits per heavy atom. The molecule has 0 radical (unpaired) electrons. The molecular weight excluding hydrogens is 333 g/mol. The van der Waals surface area contributed by atoms with Crippen molar-refractivity contribution in [1.29, 1.82) is 0 Å². The Kier molecular flexibility index (Phi) is 5.01. The lowest BCUT2D eigenvalue weighted by Gasteiger charge is -2.18. The highest BCUT2D eigenvalue weighted by Crippen LogP contribution is 2.35. The van der Waals surface area contributed by atoms with Gasteiger partial charge < -0.3 is 10.5 Å². The molecule has 0 fully saturated rings. The lowest BCUT2D eigenvalue weighted by Crippen LogP contribution is -2.07. The number of hydrogen-bond donors (Lipinski definition) is 1.